The van der Waals surface area contributed by atoms with Crippen LogP contribution >= 0.6 is 0 Å². The molecule has 1 saturated carbocycles. The maximum Gasteiger partial charge on any atom is 0.333 e. The third-order valence-corrected chi connectivity index (χ3v) is 4.20. The topological polar surface area (TPSA) is 73.3 Å². The van der Waals surface area contributed by atoms with Crippen molar-refractivity contribution in [3.8, 4) is 0 Å². The first-order chi connectivity index (χ1) is 8.13. The van der Waals surface area contributed by atoms with Crippen molar-refractivity contribution in [2.75, 3.05) is 0 Å². The monoisotopic (exact) mass is 235 g/mol. The van der Waals surface area contributed by atoms with E-state index in [0.717, 1.165) is 31.4 Å². The number of aliphatic hydroxyl groups excluding tert-OH is 1. The molecule has 0 spiro atoms. The van der Waals surface area contributed by atoms with Gasteiger partial charge in [-0.3, -0.25) is 0 Å². The molecule has 1 unspecified atom stereocenters. The summed E-state index contributed by atoms with van der Waals surface area (Å²) in [4.78, 5) is 14.3. The average Bonchev–Trinajstić information content (AvgIpc) is 3.01. The zero-order chi connectivity index (χ0) is 12.0. The molecular formula is C13H17NO3. The molecule has 1 aromatic heterocycles. The number of nitrogens with one attached hydrogen (secondary N) is 1. The largest absolute Gasteiger partial charge is 0.479 e. The molecule has 92 valence electrons. The van der Waals surface area contributed by atoms with Gasteiger partial charge in [0.1, 0.15) is 0 Å². The summed E-state index contributed by atoms with van der Waals surface area (Å²) >= 11 is 0. The van der Waals surface area contributed by atoms with E-state index in [2.05, 4.69) is 11.1 Å². The lowest BCUT2D eigenvalue weighted by Gasteiger charge is -2.17. The van der Waals surface area contributed by atoms with Gasteiger partial charge in [-0.15, -0.1) is 0 Å². The number of aromatic nitrogens is 1. The average molecular weight is 235 g/mol. The van der Waals surface area contributed by atoms with Crippen molar-refractivity contribution < 1.29 is 15.0 Å². The van der Waals surface area contributed by atoms with Gasteiger partial charge < -0.3 is 15.2 Å². The summed E-state index contributed by atoms with van der Waals surface area (Å²) in [6, 6.07) is 2.08. The predicted molar refractivity (Wildman–Crippen MR) is 62.0 cm³/mol. The van der Waals surface area contributed by atoms with Crippen LogP contribution in [0, 0.1) is 0 Å². The van der Waals surface area contributed by atoms with E-state index in [1.165, 1.54) is 24.1 Å². The van der Waals surface area contributed by atoms with Gasteiger partial charge in [0, 0.05) is 16.8 Å². The van der Waals surface area contributed by atoms with Crippen molar-refractivity contribution >= 4 is 5.97 Å². The lowest BCUT2D eigenvalue weighted by atomic mass is 9.93. The van der Waals surface area contributed by atoms with Crippen molar-refractivity contribution in [1.29, 1.82) is 0 Å². The van der Waals surface area contributed by atoms with Gasteiger partial charge >= 0.3 is 5.97 Å². The van der Waals surface area contributed by atoms with Crippen LogP contribution in [-0.2, 0) is 23.1 Å². The molecule has 1 fully saturated rings. The summed E-state index contributed by atoms with van der Waals surface area (Å²) in [5.41, 5.74) is 2.95. The molecular weight excluding hydrogens is 218 g/mol. The number of carbonyl (C=O) groups is 1. The number of rotatable bonds is 3. The molecule has 0 saturated heterocycles. The second-order valence-corrected chi connectivity index (χ2v) is 5.29. The highest BCUT2D eigenvalue weighted by Gasteiger charge is 2.54. The Labute approximate surface area is 99.7 Å². The third-order valence-electron chi connectivity index (χ3n) is 4.20. The number of H-pyrrole nitrogens is 1. The van der Waals surface area contributed by atoms with Crippen molar-refractivity contribution in [1.82, 2.24) is 4.98 Å². The number of carboxylic acid groups (broad SMARTS) is 1. The normalized spacial score (nSPS) is 22.9. The fraction of sp³-hybridized carbons (Fsp3) is 0.615. The van der Waals surface area contributed by atoms with Crippen LogP contribution in [0.25, 0.3) is 0 Å². The van der Waals surface area contributed by atoms with Crippen LogP contribution in [0.5, 0.6) is 0 Å². The fourth-order valence-corrected chi connectivity index (χ4v) is 2.93. The zero-order valence-electron chi connectivity index (χ0n) is 9.70. The van der Waals surface area contributed by atoms with E-state index in [-0.39, 0.29) is 0 Å². The molecule has 0 aromatic carbocycles. The van der Waals surface area contributed by atoms with Crippen LogP contribution in [0.4, 0.5) is 0 Å². The Kier molecular flexibility index (Phi) is 2.30. The van der Waals surface area contributed by atoms with Crippen LogP contribution in [0.15, 0.2) is 6.07 Å². The van der Waals surface area contributed by atoms with E-state index in [9.17, 15) is 9.90 Å². The van der Waals surface area contributed by atoms with Crippen LogP contribution in [0.3, 0.4) is 0 Å². The van der Waals surface area contributed by atoms with Gasteiger partial charge in [-0.1, -0.05) is 0 Å². The summed E-state index contributed by atoms with van der Waals surface area (Å²) in [6.07, 6.45) is 4.78. The molecule has 1 heterocycles. The van der Waals surface area contributed by atoms with E-state index in [1.807, 2.05) is 0 Å². The summed E-state index contributed by atoms with van der Waals surface area (Å²) < 4.78 is 0. The fourth-order valence-electron chi connectivity index (χ4n) is 2.93. The molecule has 1 atom stereocenters. The molecule has 2 aliphatic carbocycles. The molecule has 17 heavy (non-hydrogen) atoms. The van der Waals surface area contributed by atoms with E-state index in [4.69, 9.17) is 5.11 Å². The Hall–Kier alpha value is -1.29. The van der Waals surface area contributed by atoms with Crippen LogP contribution < -0.4 is 0 Å². The zero-order valence-corrected chi connectivity index (χ0v) is 9.70. The second-order valence-electron chi connectivity index (χ2n) is 5.29. The Bertz CT molecular complexity index is 436. The van der Waals surface area contributed by atoms with Gasteiger partial charge in [0.25, 0.3) is 0 Å². The number of aromatic amines is 1. The van der Waals surface area contributed by atoms with Crippen molar-refractivity contribution in [2.45, 2.75) is 50.0 Å². The highest BCUT2D eigenvalue weighted by molar-refractivity contribution is 5.75. The van der Waals surface area contributed by atoms with Crippen LogP contribution in [-0.4, -0.2) is 27.3 Å². The van der Waals surface area contributed by atoms with Gasteiger partial charge in [0.05, 0.1) is 0 Å². The van der Waals surface area contributed by atoms with E-state index in [0.29, 0.717) is 0 Å². The molecule has 0 bridgehead atoms. The molecule has 0 radical (unpaired) electrons. The summed E-state index contributed by atoms with van der Waals surface area (Å²) in [6.45, 7) is 0. The Morgan fingerprint density at radius 1 is 1.35 bits per heavy atom. The highest BCUT2D eigenvalue weighted by Crippen LogP contribution is 2.51. The van der Waals surface area contributed by atoms with Crippen molar-refractivity contribution in [2.24, 2.45) is 0 Å². The van der Waals surface area contributed by atoms with Gasteiger partial charge in [-0.2, -0.15) is 0 Å². The lowest BCUT2D eigenvalue weighted by molar-refractivity contribution is -0.148. The molecule has 2 aliphatic rings. The molecule has 0 aliphatic heterocycles. The summed E-state index contributed by atoms with van der Waals surface area (Å²) in [5, 5.41) is 18.8. The van der Waals surface area contributed by atoms with Crippen LogP contribution in [0.2, 0.25) is 0 Å². The summed E-state index contributed by atoms with van der Waals surface area (Å²) in [7, 11) is 0. The second kappa shape index (κ2) is 3.60. The maximum atomic E-state index is 10.9. The minimum Gasteiger partial charge on any atom is -0.479 e. The first-order valence-electron chi connectivity index (χ1n) is 6.25. The van der Waals surface area contributed by atoms with Crippen molar-refractivity contribution in [3.63, 3.8) is 0 Å². The van der Waals surface area contributed by atoms with Gasteiger partial charge in [0.2, 0.25) is 0 Å². The molecule has 3 rings (SSSR count). The lowest BCUT2D eigenvalue weighted by Crippen LogP contribution is -2.34. The van der Waals surface area contributed by atoms with Gasteiger partial charge in [0.15, 0.2) is 6.10 Å². The number of aryl methyl sites for hydroxylation is 2. The number of hydrogen-bond donors (Lipinski definition) is 3. The van der Waals surface area contributed by atoms with E-state index < -0.39 is 17.5 Å². The van der Waals surface area contributed by atoms with E-state index >= 15 is 0 Å². The molecule has 3 N–H and O–H groups in total. The number of aliphatic carboxylic acids is 1. The summed E-state index contributed by atoms with van der Waals surface area (Å²) in [5.74, 6) is -1.12. The minimum atomic E-state index is -1.28. The number of carboxylic acids is 1. The number of fused-ring (bicyclic) bond motifs is 1. The smallest absolute Gasteiger partial charge is 0.333 e. The Balaban J connectivity index is 1.94. The first kappa shape index (κ1) is 10.8. The highest BCUT2D eigenvalue weighted by atomic mass is 16.4. The standard InChI is InChI=1S/C13H17NO3/c15-11(12(16)17)13(5-6-13)10-7-8-3-1-2-4-9(8)14-10/h7,11,14-15H,1-6H2,(H,16,17). The predicted octanol–water partition coefficient (Wildman–Crippen LogP) is 1.37. The number of aliphatic hydroxyl groups is 1. The third kappa shape index (κ3) is 1.59. The maximum absolute atomic E-state index is 10.9. The van der Waals surface area contributed by atoms with Gasteiger partial charge in [-0.05, 0) is 50.2 Å². The Morgan fingerprint density at radius 3 is 2.65 bits per heavy atom. The SMILES string of the molecule is O=C(O)C(O)C1(c2cc3c([nH]2)CCCC3)CC1. The Morgan fingerprint density at radius 2 is 2.06 bits per heavy atom. The first-order valence-corrected chi connectivity index (χ1v) is 6.25. The molecule has 0 amide bonds. The van der Waals surface area contributed by atoms with Crippen molar-refractivity contribution in [3.05, 3.63) is 23.0 Å². The number of hydrogen-bond acceptors (Lipinski definition) is 2. The van der Waals surface area contributed by atoms with Gasteiger partial charge in [-0.25, -0.2) is 4.79 Å². The minimum absolute atomic E-state index is 0.539. The quantitative estimate of drug-likeness (QED) is 0.740. The molecule has 4 heteroatoms. The molecule has 1 aromatic rings. The molecule has 4 nitrogen and oxygen atoms in total. The van der Waals surface area contributed by atoms with E-state index in [1.54, 1.807) is 0 Å². The van der Waals surface area contributed by atoms with Crippen LogP contribution in [0.1, 0.15) is 42.6 Å².